The second kappa shape index (κ2) is 10.1. The van der Waals surface area contributed by atoms with Crippen LogP contribution in [0.25, 0.3) is 22.5 Å². The molecule has 4 rings (SSSR count). The minimum atomic E-state index is -0.467. The van der Waals surface area contributed by atoms with Crippen molar-refractivity contribution in [1.82, 2.24) is 20.4 Å². The summed E-state index contributed by atoms with van der Waals surface area (Å²) in [7, 11) is 0. The Kier molecular flexibility index (Phi) is 6.83. The maximum atomic E-state index is 13.3. The first-order valence-corrected chi connectivity index (χ1v) is 10.8. The topological polar surface area (TPSA) is 158 Å². The molecule has 5 N–H and O–H groups in total. The van der Waals surface area contributed by atoms with Crippen LogP contribution >= 0.6 is 0 Å². The van der Waals surface area contributed by atoms with E-state index in [9.17, 15) is 14.4 Å². The molecule has 1 aromatic heterocycles. The highest BCUT2D eigenvalue weighted by atomic mass is 16.5. The molecule has 11 nitrogen and oxygen atoms in total. The summed E-state index contributed by atoms with van der Waals surface area (Å²) in [6.07, 6.45) is 0.154. The Labute approximate surface area is 195 Å². The molecule has 3 aromatic rings. The average molecular weight is 463 g/mol. The second-order valence-corrected chi connectivity index (χ2v) is 7.74. The maximum Gasteiger partial charge on any atom is 0.246 e. The van der Waals surface area contributed by atoms with Crippen LogP contribution in [0.1, 0.15) is 18.4 Å². The first kappa shape index (κ1) is 22.9. The summed E-state index contributed by atoms with van der Waals surface area (Å²) >= 11 is 0. The molecular weight excluding hydrogens is 438 g/mol. The van der Waals surface area contributed by atoms with Crippen molar-refractivity contribution in [2.24, 2.45) is 5.73 Å². The number of ether oxygens (including phenoxy) is 1. The summed E-state index contributed by atoms with van der Waals surface area (Å²) < 4.78 is 5.21. The minimum absolute atomic E-state index is 0.0624. The molecule has 0 saturated heterocycles. The van der Waals surface area contributed by atoms with Gasteiger partial charge in [0.15, 0.2) is 0 Å². The molecule has 0 atom stereocenters. The third kappa shape index (κ3) is 4.89. The van der Waals surface area contributed by atoms with Crippen LogP contribution in [0.15, 0.2) is 48.5 Å². The van der Waals surface area contributed by atoms with Gasteiger partial charge in [0.2, 0.25) is 17.7 Å². The van der Waals surface area contributed by atoms with E-state index in [1.54, 1.807) is 4.90 Å². The quantitative estimate of drug-likeness (QED) is 0.325. The third-order valence-corrected chi connectivity index (χ3v) is 5.45. The maximum absolute atomic E-state index is 13.3. The Morgan fingerprint density at radius 3 is 2.50 bits per heavy atom. The number of carbonyl (C=O) groups is 3. The number of nitrogens with zero attached hydrogens (tertiary/aromatic N) is 4. The molecule has 34 heavy (non-hydrogen) atoms. The standard InChI is InChI=1S/C23H25N7O4/c24-19(31)9-11-34-12-10-20(32)26-13-21(33)29-14-15-5-1-2-6-16(15)22-23(30(25)28-27-22)17-7-3-4-8-18(17)29/h1-8H,9-14,25H2,(H2,24,31)(H,26,32). The molecule has 2 aromatic carbocycles. The number of primary amides is 1. The van der Waals surface area contributed by atoms with E-state index in [4.69, 9.17) is 16.3 Å². The molecule has 0 unspecified atom stereocenters. The number of hydrogen-bond donors (Lipinski definition) is 3. The molecular formula is C23H25N7O4. The van der Waals surface area contributed by atoms with Crippen LogP contribution in [0, 0.1) is 0 Å². The number of benzene rings is 2. The van der Waals surface area contributed by atoms with Gasteiger partial charge in [-0.25, -0.2) is 0 Å². The van der Waals surface area contributed by atoms with Gasteiger partial charge in [-0.05, 0) is 16.8 Å². The van der Waals surface area contributed by atoms with Gasteiger partial charge in [-0.3, -0.25) is 14.4 Å². The van der Waals surface area contributed by atoms with Crippen LogP contribution in [-0.2, 0) is 25.7 Å². The van der Waals surface area contributed by atoms with E-state index in [1.165, 1.54) is 4.79 Å². The van der Waals surface area contributed by atoms with Crippen molar-refractivity contribution in [3.8, 4) is 22.5 Å². The van der Waals surface area contributed by atoms with Gasteiger partial charge in [0.05, 0.1) is 32.0 Å². The molecule has 11 heteroatoms. The predicted octanol–water partition coefficient (Wildman–Crippen LogP) is 0.571. The van der Waals surface area contributed by atoms with Crippen molar-refractivity contribution in [2.45, 2.75) is 19.4 Å². The van der Waals surface area contributed by atoms with E-state index in [-0.39, 0.29) is 51.0 Å². The van der Waals surface area contributed by atoms with Crippen molar-refractivity contribution in [3.63, 3.8) is 0 Å². The Balaban J connectivity index is 1.53. The molecule has 1 aliphatic heterocycles. The summed E-state index contributed by atoms with van der Waals surface area (Å²) in [5.41, 5.74) is 9.34. The number of nitrogens with two attached hydrogens (primary N) is 2. The Bertz CT molecular complexity index is 1220. The SMILES string of the molecule is NC(=O)CCOCCC(=O)NCC(=O)N1Cc2ccccc2-c2nnn(N)c2-c2ccccc21. The number of rotatable bonds is 8. The fourth-order valence-electron chi connectivity index (χ4n) is 3.80. The number of amides is 3. The van der Waals surface area contributed by atoms with E-state index < -0.39 is 5.91 Å². The Hall–Kier alpha value is -4.25. The van der Waals surface area contributed by atoms with Gasteiger partial charge in [0.25, 0.3) is 0 Å². The van der Waals surface area contributed by atoms with E-state index in [0.29, 0.717) is 22.6 Å². The zero-order valence-corrected chi connectivity index (χ0v) is 18.4. The molecule has 0 fully saturated rings. The Morgan fingerprint density at radius 2 is 1.71 bits per heavy atom. The molecule has 176 valence electrons. The van der Waals surface area contributed by atoms with Gasteiger partial charge in [0.1, 0.15) is 11.4 Å². The van der Waals surface area contributed by atoms with Gasteiger partial charge in [-0.1, -0.05) is 42.5 Å². The highest BCUT2D eigenvalue weighted by molar-refractivity contribution is 6.02. The van der Waals surface area contributed by atoms with E-state index in [0.717, 1.165) is 11.1 Å². The number of hydrogen-bond acceptors (Lipinski definition) is 7. The van der Waals surface area contributed by atoms with Crippen LogP contribution in [0.4, 0.5) is 5.69 Å². The molecule has 0 spiro atoms. The lowest BCUT2D eigenvalue weighted by atomic mass is 9.96. The number of nitrogen functional groups attached to an aromatic ring is 1. The molecule has 0 radical (unpaired) electrons. The average Bonchev–Trinajstić information content (AvgIpc) is 3.20. The van der Waals surface area contributed by atoms with E-state index in [1.807, 2.05) is 48.5 Å². The zero-order valence-electron chi connectivity index (χ0n) is 18.4. The smallest absolute Gasteiger partial charge is 0.246 e. The summed E-state index contributed by atoms with van der Waals surface area (Å²) in [5.74, 6) is 5.02. The van der Waals surface area contributed by atoms with Gasteiger partial charge >= 0.3 is 0 Å². The van der Waals surface area contributed by atoms with Gasteiger partial charge in [-0.2, -0.15) is 4.79 Å². The van der Waals surface area contributed by atoms with Crippen LogP contribution in [-0.4, -0.2) is 52.6 Å². The number of para-hydroxylation sites is 1. The molecule has 0 bridgehead atoms. The number of nitrogens with one attached hydrogen (secondary N) is 1. The lowest BCUT2D eigenvalue weighted by molar-refractivity contribution is -0.125. The van der Waals surface area contributed by atoms with Crippen molar-refractivity contribution >= 4 is 23.4 Å². The number of fused-ring (bicyclic) bond motifs is 5. The van der Waals surface area contributed by atoms with Crippen LogP contribution in [0.2, 0.25) is 0 Å². The highest BCUT2D eigenvalue weighted by Crippen LogP contribution is 2.40. The van der Waals surface area contributed by atoms with Crippen molar-refractivity contribution < 1.29 is 19.1 Å². The molecule has 3 amide bonds. The molecule has 0 aliphatic carbocycles. The van der Waals surface area contributed by atoms with Crippen LogP contribution in [0.3, 0.4) is 0 Å². The van der Waals surface area contributed by atoms with Gasteiger partial charge < -0.3 is 26.5 Å². The van der Waals surface area contributed by atoms with Crippen LogP contribution < -0.4 is 21.8 Å². The summed E-state index contributed by atoms with van der Waals surface area (Å²) in [6.45, 7) is 0.377. The lowest BCUT2D eigenvalue weighted by Crippen LogP contribution is -2.40. The molecule has 0 saturated carbocycles. The minimum Gasteiger partial charge on any atom is -0.380 e. The van der Waals surface area contributed by atoms with Gasteiger partial charge in [0, 0.05) is 24.0 Å². The van der Waals surface area contributed by atoms with Crippen LogP contribution in [0.5, 0.6) is 0 Å². The third-order valence-electron chi connectivity index (χ3n) is 5.45. The largest absolute Gasteiger partial charge is 0.380 e. The molecule has 2 heterocycles. The first-order valence-electron chi connectivity index (χ1n) is 10.8. The summed E-state index contributed by atoms with van der Waals surface area (Å²) in [4.78, 5) is 39.0. The summed E-state index contributed by atoms with van der Waals surface area (Å²) in [5, 5.41) is 10.9. The number of aromatic nitrogens is 3. The summed E-state index contributed by atoms with van der Waals surface area (Å²) in [6, 6.07) is 15.0. The first-order chi connectivity index (χ1) is 16.5. The number of carbonyl (C=O) groups excluding carboxylic acids is 3. The highest BCUT2D eigenvalue weighted by Gasteiger charge is 2.28. The van der Waals surface area contributed by atoms with Crippen molar-refractivity contribution in [2.75, 3.05) is 30.5 Å². The second-order valence-electron chi connectivity index (χ2n) is 7.74. The Morgan fingerprint density at radius 1 is 1.00 bits per heavy atom. The number of anilines is 1. The molecule has 1 aliphatic rings. The van der Waals surface area contributed by atoms with Crippen molar-refractivity contribution in [1.29, 1.82) is 0 Å². The van der Waals surface area contributed by atoms with Gasteiger partial charge in [-0.15, -0.1) is 5.10 Å². The van der Waals surface area contributed by atoms with E-state index in [2.05, 4.69) is 15.6 Å². The van der Waals surface area contributed by atoms with Crippen molar-refractivity contribution in [3.05, 3.63) is 54.1 Å². The fraction of sp³-hybridized carbons (Fsp3) is 0.261. The van der Waals surface area contributed by atoms with E-state index >= 15 is 0 Å². The lowest BCUT2D eigenvalue weighted by Gasteiger charge is -2.28. The zero-order chi connectivity index (χ0) is 24.1. The monoisotopic (exact) mass is 463 g/mol. The normalized spacial score (nSPS) is 12.1. The predicted molar refractivity (Wildman–Crippen MR) is 124 cm³/mol. The fourth-order valence-corrected chi connectivity index (χ4v) is 3.80.